The molecule has 8 nitrogen and oxygen atoms in total. The second kappa shape index (κ2) is 10.8. The molecule has 1 aliphatic heterocycles. The number of rotatable bonds is 9. The van der Waals surface area contributed by atoms with Gasteiger partial charge in [0.2, 0.25) is 5.89 Å². The van der Waals surface area contributed by atoms with Gasteiger partial charge in [0.1, 0.15) is 24.0 Å². The predicted molar refractivity (Wildman–Crippen MR) is 125 cm³/mol. The van der Waals surface area contributed by atoms with Gasteiger partial charge in [-0.1, -0.05) is 0 Å². The standard InChI is InChI=1S/C26H23F2N3O5/c27-21-6-4-19(34-13-9-31-7-11-33-12-8-31)14-18(21)16-23(32)20-15-17(3-5-22(20)28)25-29-30-26(36-25)24-2-1-10-35-24/h1-6,10,14-15H,7-9,11-13,16H2. The first-order valence-electron chi connectivity index (χ1n) is 11.5. The number of hydrogen-bond donors (Lipinski definition) is 0. The molecule has 36 heavy (non-hydrogen) atoms. The summed E-state index contributed by atoms with van der Waals surface area (Å²) in [6.45, 7) is 4.19. The minimum absolute atomic E-state index is 0.0947. The molecule has 1 aliphatic rings. The Kier molecular flexibility index (Phi) is 7.15. The van der Waals surface area contributed by atoms with Crippen LogP contribution in [0.5, 0.6) is 5.75 Å². The third-order valence-corrected chi connectivity index (χ3v) is 5.82. The van der Waals surface area contributed by atoms with Crippen LogP contribution in [0.15, 0.2) is 63.6 Å². The average molecular weight is 495 g/mol. The Hall–Kier alpha value is -3.89. The van der Waals surface area contributed by atoms with Gasteiger partial charge in [-0.25, -0.2) is 8.78 Å². The van der Waals surface area contributed by atoms with E-state index < -0.39 is 17.4 Å². The van der Waals surface area contributed by atoms with Crippen molar-refractivity contribution in [1.29, 1.82) is 0 Å². The van der Waals surface area contributed by atoms with Gasteiger partial charge < -0.3 is 18.3 Å². The number of benzene rings is 2. The van der Waals surface area contributed by atoms with Crippen molar-refractivity contribution >= 4 is 5.78 Å². The van der Waals surface area contributed by atoms with E-state index in [1.54, 1.807) is 12.1 Å². The molecule has 0 aliphatic carbocycles. The molecule has 5 rings (SSSR count). The topological polar surface area (TPSA) is 90.8 Å². The number of hydrogen-bond acceptors (Lipinski definition) is 8. The van der Waals surface area contributed by atoms with Crippen molar-refractivity contribution < 1.29 is 31.9 Å². The fourth-order valence-electron chi connectivity index (χ4n) is 3.87. The molecule has 0 saturated carbocycles. The van der Waals surface area contributed by atoms with Crippen molar-refractivity contribution in [1.82, 2.24) is 15.1 Å². The first kappa shape index (κ1) is 23.8. The van der Waals surface area contributed by atoms with E-state index in [0.717, 1.165) is 19.2 Å². The molecule has 186 valence electrons. The van der Waals surface area contributed by atoms with E-state index in [4.69, 9.17) is 18.3 Å². The SMILES string of the molecule is O=C(Cc1cc(OCCN2CCOCC2)ccc1F)c1cc(-c2nnc(-c3ccco3)o2)ccc1F. The Bertz CT molecular complexity index is 1330. The smallest absolute Gasteiger partial charge is 0.283 e. The van der Waals surface area contributed by atoms with Crippen LogP contribution < -0.4 is 4.74 Å². The Morgan fingerprint density at radius 1 is 1.00 bits per heavy atom. The number of Topliss-reactive ketones (excluding diaryl/α,β-unsaturated/α-hetero) is 1. The summed E-state index contributed by atoms with van der Waals surface area (Å²) < 4.78 is 50.9. The zero-order valence-corrected chi connectivity index (χ0v) is 19.3. The molecular formula is C26H23F2N3O5. The minimum atomic E-state index is -0.729. The second-order valence-electron chi connectivity index (χ2n) is 8.24. The van der Waals surface area contributed by atoms with E-state index in [1.807, 2.05) is 0 Å². The lowest BCUT2D eigenvalue weighted by molar-refractivity contribution is 0.0322. The summed E-state index contributed by atoms with van der Waals surface area (Å²) in [5.41, 5.74) is 0.264. The quantitative estimate of drug-likeness (QED) is 0.316. The maximum Gasteiger partial charge on any atom is 0.283 e. The molecule has 0 amide bonds. The summed E-state index contributed by atoms with van der Waals surface area (Å²) in [5, 5.41) is 7.86. The molecule has 2 aromatic heterocycles. The molecule has 0 unspecified atom stereocenters. The summed E-state index contributed by atoms with van der Waals surface area (Å²) >= 11 is 0. The van der Waals surface area contributed by atoms with Crippen molar-refractivity contribution in [2.75, 3.05) is 39.5 Å². The maximum absolute atomic E-state index is 14.6. The zero-order chi connectivity index (χ0) is 24.9. The van der Waals surface area contributed by atoms with Gasteiger partial charge in [-0.15, -0.1) is 10.2 Å². The van der Waals surface area contributed by atoms with Crippen LogP contribution in [0.4, 0.5) is 8.78 Å². The van der Waals surface area contributed by atoms with Gasteiger partial charge in [-0.2, -0.15) is 0 Å². The molecule has 1 fully saturated rings. The van der Waals surface area contributed by atoms with Crippen molar-refractivity contribution in [2.24, 2.45) is 0 Å². The Morgan fingerprint density at radius 3 is 2.61 bits per heavy atom. The summed E-state index contributed by atoms with van der Waals surface area (Å²) in [7, 11) is 0. The van der Waals surface area contributed by atoms with Crippen molar-refractivity contribution in [3.05, 3.63) is 77.6 Å². The number of aromatic nitrogens is 2. The molecule has 1 saturated heterocycles. The maximum atomic E-state index is 14.6. The monoisotopic (exact) mass is 495 g/mol. The lowest BCUT2D eigenvalue weighted by atomic mass is 10.00. The zero-order valence-electron chi connectivity index (χ0n) is 19.3. The average Bonchev–Trinajstić information content (AvgIpc) is 3.59. The summed E-state index contributed by atoms with van der Waals surface area (Å²) in [5.74, 6) is -0.817. The van der Waals surface area contributed by atoms with E-state index >= 15 is 0 Å². The van der Waals surface area contributed by atoms with Crippen molar-refractivity contribution in [3.8, 4) is 28.9 Å². The number of carbonyl (C=O) groups excluding carboxylic acids is 1. The van der Waals surface area contributed by atoms with Crippen LogP contribution in [0.3, 0.4) is 0 Å². The molecule has 2 aromatic carbocycles. The van der Waals surface area contributed by atoms with Crippen LogP contribution in [0.25, 0.3) is 23.1 Å². The second-order valence-corrected chi connectivity index (χ2v) is 8.24. The van der Waals surface area contributed by atoms with Gasteiger partial charge in [-0.05, 0) is 54.1 Å². The van der Waals surface area contributed by atoms with E-state index in [1.165, 1.54) is 36.6 Å². The molecule has 0 atom stereocenters. The van der Waals surface area contributed by atoms with Gasteiger partial charge in [0.25, 0.3) is 5.89 Å². The number of nitrogens with zero attached hydrogens (tertiary/aromatic N) is 3. The van der Waals surface area contributed by atoms with Crippen LogP contribution in [0.2, 0.25) is 0 Å². The molecule has 0 spiro atoms. The normalized spacial score (nSPS) is 14.2. The molecule has 4 aromatic rings. The first-order chi connectivity index (χ1) is 17.6. The van der Waals surface area contributed by atoms with Gasteiger partial charge in [0.05, 0.1) is 25.0 Å². The number of ketones is 1. The first-order valence-corrected chi connectivity index (χ1v) is 11.5. The number of halogens is 2. The summed E-state index contributed by atoms with van der Waals surface area (Å²) in [4.78, 5) is 15.2. The van der Waals surface area contributed by atoms with Crippen molar-refractivity contribution in [3.63, 3.8) is 0 Å². The van der Waals surface area contributed by atoms with E-state index in [9.17, 15) is 13.6 Å². The highest BCUT2D eigenvalue weighted by Gasteiger charge is 2.19. The van der Waals surface area contributed by atoms with Crippen LogP contribution in [0.1, 0.15) is 15.9 Å². The van der Waals surface area contributed by atoms with E-state index in [2.05, 4.69) is 15.1 Å². The highest BCUT2D eigenvalue weighted by atomic mass is 19.1. The molecule has 3 heterocycles. The Balaban J connectivity index is 1.28. The largest absolute Gasteiger partial charge is 0.492 e. The lowest BCUT2D eigenvalue weighted by Gasteiger charge is -2.26. The third kappa shape index (κ3) is 5.50. The van der Waals surface area contributed by atoms with Crippen LogP contribution in [0, 0.1) is 11.6 Å². The van der Waals surface area contributed by atoms with E-state index in [0.29, 0.717) is 43.4 Å². The fourth-order valence-corrected chi connectivity index (χ4v) is 3.87. The molecule has 0 radical (unpaired) electrons. The highest BCUT2D eigenvalue weighted by molar-refractivity contribution is 5.98. The number of furan rings is 1. The van der Waals surface area contributed by atoms with Crippen LogP contribution >= 0.6 is 0 Å². The Labute approximate surface area is 205 Å². The molecule has 10 heteroatoms. The van der Waals surface area contributed by atoms with Crippen LogP contribution in [-0.2, 0) is 11.2 Å². The van der Waals surface area contributed by atoms with Gasteiger partial charge in [0, 0.05) is 31.6 Å². The van der Waals surface area contributed by atoms with E-state index in [-0.39, 0.29) is 29.3 Å². The highest BCUT2D eigenvalue weighted by Crippen LogP contribution is 2.27. The molecule has 0 N–H and O–H groups in total. The van der Waals surface area contributed by atoms with Crippen LogP contribution in [-0.4, -0.2) is 60.3 Å². The lowest BCUT2D eigenvalue weighted by Crippen LogP contribution is -2.38. The summed E-state index contributed by atoms with van der Waals surface area (Å²) in [6, 6.07) is 11.4. The van der Waals surface area contributed by atoms with Gasteiger partial charge in [-0.3, -0.25) is 9.69 Å². The molecule has 0 bridgehead atoms. The Morgan fingerprint density at radius 2 is 1.81 bits per heavy atom. The molecular weight excluding hydrogens is 472 g/mol. The predicted octanol–water partition coefficient (Wildman–Crippen LogP) is 4.41. The third-order valence-electron chi connectivity index (χ3n) is 5.82. The van der Waals surface area contributed by atoms with Gasteiger partial charge in [0.15, 0.2) is 11.5 Å². The van der Waals surface area contributed by atoms with Gasteiger partial charge >= 0.3 is 0 Å². The number of ether oxygens (including phenoxy) is 2. The minimum Gasteiger partial charge on any atom is -0.492 e. The summed E-state index contributed by atoms with van der Waals surface area (Å²) in [6.07, 6.45) is 1.13. The number of morpholine rings is 1. The fraction of sp³-hybridized carbons (Fsp3) is 0.269. The number of carbonyl (C=O) groups is 1. The van der Waals surface area contributed by atoms with Crippen molar-refractivity contribution in [2.45, 2.75) is 6.42 Å².